The summed E-state index contributed by atoms with van der Waals surface area (Å²) in [7, 11) is -3.63. The fourth-order valence-electron chi connectivity index (χ4n) is 3.67. The van der Waals surface area contributed by atoms with E-state index in [0.29, 0.717) is 13.1 Å². The number of amides is 1. The number of hydrogen-bond acceptors (Lipinski definition) is 3. The van der Waals surface area contributed by atoms with Crippen LogP contribution in [-0.4, -0.2) is 31.7 Å². The van der Waals surface area contributed by atoms with Gasteiger partial charge in [-0.1, -0.05) is 41.8 Å². The molecule has 1 fully saturated rings. The van der Waals surface area contributed by atoms with Gasteiger partial charge in [0.15, 0.2) is 0 Å². The van der Waals surface area contributed by atoms with Crippen LogP contribution in [0.3, 0.4) is 0 Å². The summed E-state index contributed by atoms with van der Waals surface area (Å²) in [6, 6.07) is 10.2. The molecule has 1 heterocycles. The van der Waals surface area contributed by atoms with Gasteiger partial charge in [0.2, 0.25) is 10.0 Å². The van der Waals surface area contributed by atoms with Gasteiger partial charge in [-0.2, -0.15) is 4.31 Å². The van der Waals surface area contributed by atoms with Crippen molar-refractivity contribution in [2.75, 3.05) is 13.1 Å². The second-order valence-electron chi connectivity index (χ2n) is 7.66. The van der Waals surface area contributed by atoms with Crippen LogP contribution in [0.1, 0.15) is 59.3 Å². The minimum Gasteiger partial charge on any atom is -0.345 e. The van der Waals surface area contributed by atoms with E-state index in [9.17, 15) is 13.2 Å². The van der Waals surface area contributed by atoms with Gasteiger partial charge in [-0.05, 0) is 62.9 Å². The van der Waals surface area contributed by atoms with Gasteiger partial charge < -0.3 is 5.32 Å². The highest BCUT2D eigenvalue weighted by molar-refractivity contribution is 7.89. The van der Waals surface area contributed by atoms with Gasteiger partial charge >= 0.3 is 0 Å². The average molecular weight is 435 g/mol. The van der Waals surface area contributed by atoms with Crippen LogP contribution in [0.25, 0.3) is 0 Å². The summed E-state index contributed by atoms with van der Waals surface area (Å²) < 4.78 is 27.4. The summed E-state index contributed by atoms with van der Waals surface area (Å²) in [4.78, 5) is 13.0. The number of nitrogens with zero attached hydrogens (tertiary/aromatic N) is 1. The van der Waals surface area contributed by atoms with Crippen molar-refractivity contribution in [3.63, 3.8) is 0 Å². The van der Waals surface area contributed by atoms with Gasteiger partial charge in [-0.15, -0.1) is 0 Å². The molecule has 0 radical (unpaired) electrons. The highest BCUT2D eigenvalue weighted by Gasteiger charge is 2.27. The van der Waals surface area contributed by atoms with Gasteiger partial charge in [0.25, 0.3) is 5.91 Å². The quantitative estimate of drug-likeness (QED) is 0.746. The average Bonchev–Trinajstić information content (AvgIpc) is 2.70. The molecule has 0 aliphatic carbocycles. The molecule has 156 valence electrons. The van der Waals surface area contributed by atoms with Gasteiger partial charge in [0.05, 0.1) is 21.5 Å². The summed E-state index contributed by atoms with van der Waals surface area (Å²) in [5.41, 5.74) is 3.38. The first-order valence-corrected chi connectivity index (χ1v) is 11.7. The Morgan fingerprint density at radius 2 is 1.76 bits per heavy atom. The molecule has 2 aromatic carbocycles. The first kappa shape index (κ1) is 21.8. The lowest BCUT2D eigenvalue weighted by Crippen LogP contribution is -2.35. The fraction of sp³-hybridized carbons (Fsp3) is 0.409. The molecule has 0 bridgehead atoms. The summed E-state index contributed by atoms with van der Waals surface area (Å²) >= 11 is 6.24. The standard InChI is InChI=1S/C22H27ClN2O3S/c1-15-7-8-16(2)19(13-15)17(3)24-22(26)20-14-18(9-10-21(20)23)29(27,28)25-11-5-4-6-12-25/h7-10,13-14,17H,4-6,11-12H2,1-3H3,(H,24,26)/t17-/m1/s1. The third-order valence-electron chi connectivity index (χ3n) is 5.38. The Bertz CT molecular complexity index is 1010. The molecule has 1 saturated heterocycles. The van der Waals surface area contributed by atoms with E-state index in [1.165, 1.54) is 22.5 Å². The third-order valence-corrected chi connectivity index (χ3v) is 7.61. The second kappa shape index (κ2) is 8.86. The van der Waals surface area contributed by atoms with Crippen molar-refractivity contribution in [3.8, 4) is 0 Å². The number of sulfonamides is 1. The number of halogens is 1. The largest absolute Gasteiger partial charge is 0.345 e. The van der Waals surface area contributed by atoms with Crippen LogP contribution in [0.2, 0.25) is 5.02 Å². The Labute approximate surface area is 178 Å². The normalized spacial score (nSPS) is 16.4. The molecule has 1 N–H and O–H groups in total. The molecule has 0 unspecified atom stereocenters. The molecule has 0 aromatic heterocycles. The van der Waals surface area contributed by atoms with Crippen LogP contribution >= 0.6 is 11.6 Å². The maximum absolute atomic E-state index is 13.0. The number of carbonyl (C=O) groups is 1. The van der Waals surface area contributed by atoms with Gasteiger partial charge in [0, 0.05) is 13.1 Å². The van der Waals surface area contributed by atoms with Crippen molar-refractivity contribution in [2.45, 2.75) is 51.0 Å². The van der Waals surface area contributed by atoms with Crippen molar-refractivity contribution in [1.82, 2.24) is 9.62 Å². The zero-order valence-corrected chi connectivity index (χ0v) is 18.6. The summed E-state index contributed by atoms with van der Waals surface area (Å²) in [6.07, 6.45) is 2.75. The van der Waals surface area contributed by atoms with E-state index in [-0.39, 0.29) is 27.4 Å². The molecule has 1 aliphatic rings. The van der Waals surface area contributed by atoms with Gasteiger partial charge in [-0.3, -0.25) is 4.79 Å². The Morgan fingerprint density at radius 1 is 1.07 bits per heavy atom. The Hall–Kier alpha value is -1.89. The number of nitrogens with one attached hydrogen (secondary N) is 1. The molecule has 7 heteroatoms. The van der Waals surface area contributed by atoms with E-state index in [2.05, 4.69) is 5.32 Å². The van der Waals surface area contributed by atoms with Crippen LogP contribution in [-0.2, 0) is 10.0 Å². The van der Waals surface area contributed by atoms with E-state index < -0.39 is 10.0 Å². The Morgan fingerprint density at radius 3 is 2.45 bits per heavy atom. The van der Waals surface area contributed by atoms with Crippen LogP contribution in [0.4, 0.5) is 0 Å². The molecule has 3 rings (SSSR count). The Balaban J connectivity index is 1.85. The van der Waals surface area contributed by atoms with E-state index in [1.807, 2.05) is 39.0 Å². The third kappa shape index (κ3) is 4.82. The first-order chi connectivity index (χ1) is 13.7. The first-order valence-electron chi connectivity index (χ1n) is 9.88. The zero-order chi connectivity index (χ0) is 21.2. The van der Waals surface area contributed by atoms with Crippen molar-refractivity contribution in [2.24, 2.45) is 0 Å². The molecular weight excluding hydrogens is 408 g/mol. The minimum atomic E-state index is -3.63. The highest BCUT2D eigenvalue weighted by atomic mass is 35.5. The van der Waals surface area contributed by atoms with Crippen LogP contribution < -0.4 is 5.32 Å². The monoisotopic (exact) mass is 434 g/mol. The SMILES string of the molecule is Cc1ccc(C)c([C@@H](C)NC(=O)c2cc(S(=O)(=O)N3CCCCC3)ccc2Cl)c1. The van der Waals surface area contributed by atoms with Crippen LogP contribution in [0.5, 0.6) is 0 Å². The second-order valence-corrected chi connectivity index (χ2v) is 10.0. The minimum absolute atomic E-state index is 0.105. The topological polar surface area (TPSA) is 66.5 Å². The number of piperidine rings is 1. The molecule has 1 aliphatic heterocycles. The van der Waals surface area contributed by atoms with Crippen molar-refractivity contribution < 1.29 is 13.2 Å². The molecule has 0 saturated carbocycles. The van der Waals surface area contributed by atoms with Gasteiger partial charge in [-0.25, -0.2) is 8.42 Å². The predicted molar refractivity (Wildman–Crippen MR) is 116 cm³/mol. The predicted octanol–water partition coefficient (Wildman–Crippen LogP) is 4.62. The van der Waals surface area contributed by atoms with E-state index in [1.54, 1.807) is 0 Å². The van der Waals surface area contributed by atoms with Crippen molar-refractivity contribution in [1.29, 1.82) is 0 Å². The molecule has 5 nitrogen and oxygen atoms in total. The summed E-state index contributed by atoms with van der Waals surface area (Å²) in [5.74, 6) is -0.390. The number of rotatable bonds is 5. The molecular formula is C22H27ClN2O3S. The maximum Gasteiger partial charge on any atom is 0.253 e. The van der Waals surface area contributed by atoms with Crippen LogP contribution in [0, 0.1) is 13.8 Å². The number of carbonyl (C=O) groups excluding carboxylic acids is 1. The number of benzene rings is 2. The maximum atomic E-state index is 13.0. The van der Waals surface area contributed by atoms with E-state index in [0.717, 1.165) is 36.0 Å². The molecule has 0 spiro atoms. The van der Waals surface area contributed by atoms with Crippen molar-refractivity contribution in [3.05, 3.63) is 63.7 Å². The lowest BCUT2D eigenvalue weighted by Gasteiger charge is -2.26. The lowest BCUT2D eigenvalue weighted by molar-refractivity contribution is 0.0939. The molecule has 2 aromatic rings. The lowest BCUT2D eigenvalue weighted by atomic mass is 10.00. The summed E-state index contributed by atoms with van der Waals surface area (Å²) in [5, 5.41) is 3.18. The smallest absolute Gasteiger partial charge is 0.253 e. The fourth-order valence-corrected chi connectivity index (χ4v) is 5.42. The molecule has 1 amide bonds. The number of aryl methyl sites for hydroxylation is 2. The van der Waals surface area contributed by atoms with E-state index in [4.69, 9.17) is 11.6 Å². The molecule has 29 heavy (non-hydrogen) atoms. The van der Waals surface area contributed by atoms with E-state index >= 15 is 0 Å². The van der Waals surface area contributed by atoms with Crippen molar-refractivity contribution >= 4 is 27.5 Å². The van der Waals surface area contributed by atoms with Crippen LogP contribution in [0.15, 0.2) is 41.3 Å². The molecule has 1 atom stereocenters. The zero-order valence-electron chi connectivity index (χ0n) is 17.0. The number of hydrogen-bond donors (Lipinski definition) is 1. The van der Waals surface area contributed by atoms with Gasteiger partial charge in [0.1, 0.15) is 0 Å². The highest BCUT2D eigenvalue weighted by Crippen LogP contribution is 2.26. The Kier molecular flexibility index (Phi) is 6.66. The summed E-state index contributed by atoms with van der Waals surface area (Å²) in [6.45, 7) is 6.92.